The molecular formula is C14H8N3OS+. The Morgan fingerprint density at radius 2 is 2.26 bits per heavy atom. The molecule has 0 aromatic carbocycles. The fourth-order valence-corrected chi connectivity index (χ4v) is 3.77. The number of rotatable bonds is 0. The van der Waals surface area contributed by atoms with Gasteiger partial charge in [-0.25, -0.2) is 0 Å². The Morgan fingerprint density at radius 1 is 1.26 bits per heavy atom. The third kappa shape index (κ3) is 1.11. The van der Waals surface area contributed by atoms with Gasteiger partial charge in [-0.15, -0.1) is 4.57 Å². The first-order valence-electron chi connectivity index (χ1n) is 6.05. The number of hydrogen-bond donors (Lipinski definition) is 0. The molecule has 0 unspecified atom stereocenters. The van der Waals surface area contributed by atoms with E-state index in [0.717, 1.165) is 38.8 Å². The first kappa shape index (κ1) is 9.63. The molecule has 4 nitrogen and oxygen atoms in total. The van der Waals surface area contributed by atoms with Gasteiger partial charge in [0.15, 0.2) is 6.54 Å². The maximum atomic E-state index is 6.04. The van der Waals surface area contributed by atoms with Gasteiger partial charge in [0, 0.05) is 18.6 Å². The van der Waals surface area contributed by atoms with Gasteiger partial charge in [0.2, 0.25) is 0 Å². The summed E-state index contributed by atoms with van der Waals surface area (Å²) in [6.45, 7) is 0.784. The molecule has 0 aliphatic carbocycles. The van der Waals surface area contributed by atoms with Crippen molar-refractivity contribution in [1.82, 2.24) is 9.97 Å². The summed E-state index contributed by atoms with van der Waals surface area (Å²) in [5.41, 5.74) is 3.35. The minimum atomic E-state index is 0.784. The summed E-state index contributed by atoms with van der Waals surface area (Å²) in [7, 11) is 0. The number of oxazole rings is 1. The van der Waals surface area contributed by atoms with E-state index in [9.17, 15) is 0 Å². The SMILES string of the molecule is c1cnc2c(c1)-c1oc3sc4cnccc4c3[n+]1C2. The molecule has 0 N–H and O–H groups in total. The molecule has 0 radical (unpaired) electrons. The zero-order valence-electron chi connectivity index (χ0n) is 9.83. The molecule has 0 amide bonds. The van der Waals surface area contributed by atoms with Gasteiger partial charge in [0.05, 0.1) is 10.1 Å². The summed E-state index contributed by atoms with van der Waals surface area (Å²) >= 11 is 1.65. The first-order chi connectivity index (χ1) is 9.42. The normalized spacial score (nSPS) is 13.1. The van der Waals surface area contributed by atoms with Crippen LogP contribution in [0.2, 0.25) is 0 Å². The molecule has 0 fully saturated rings. The lowest BCUT2D eigenvalue weighted by Gasteiger charge is -1.88. The molecular weight excluding hydrogens is 258 g/mol. The quantitative estimate of drug-likeness (QED) is 0.405. The summed E-state index contributed by atoms with van der Waals surface area (Å²) < 4.78 is 9.41. The van der Waals surface area contributed by atoms with Crippen molar-refractivity contribution < 1.29 is 8.98 Å². The molecule has 0 spiro atoms. The highest BCUT2D eigenvalue weighted by Gasteiger charge is 2.36. The number of aromatic nitrogens is 3. The lowest BCUT2D eigenvalue weighted by atomic mass is 10.2. The Labute approximate surface area is 112 Å². The van der Waals surface area contributed by atoms with Crippen molar-refractivity contribution in [1.29, 1.82) is 0 Å². The summed E-state index contributed by atoms with van der Waals surface area (Å²) in [4.78, 5) is 9.56. The van der Waals surface area contributed by atoms with E-state index in [4.69, 9.17) is 4.42 Å². The zero-order chi connectivity index (χ0) is 12.4. The third-order valence-corrected chi connectivity index (χ3v) is 4.58. The van der Waals surface area contributed by atoms with Crippen LogP contribution in [0, 0.1) is 0 Å². The predicted molar refractivity (Wildman–Crippen MR) is 71.9 cm³/mol. The molecule has 5 rings (SSSR count). The second-order valence-electron chi connectivity index (χ2n) is 4.60. The minimum Gasteiger partial charge on any atom is -0.386 e. The zero-order valence-corrected chi connectivity index (χ0v) is 10.6. The monoisotopic (exact) mass is 266 g/mol. The largest absolute Gasteiger partial charge is 0.386 e. The van der Waals surface area contributed by atoms with Crippen LogP contribution in [-0.2, 0) is 6.54 Å². The lowest BCUT2D eigenvalue weighted by Crippen LogP contribution is -2.30. The maximum Gasteiger partial charge on any atom is 0.384 e. The number of hydrogen-bond acceptors (Lipinski definition) is 4. The van der Waals surface area contributed by atoms with Gasteiger partial charge < -0.3 is 4.42 Å². The highest BCUT2D eigenvalue weighted by atomic mass is 32.1. The molecule has 5 heterocycles. The molecule has 5 heteroatoms. The second-order valence-corrected chi connectivity index (χ2v) is 5.62. The summed E-state index contributed by atoms with van der Waals surface area (Å²) in [6, 6.07) is 6.07. The van der Waals surface area contributed by atoms with Gasteiger partial charge in [-0.2, -0.15) is 0 Å². The van der Waals surface area contributed by atoms with Gasteiger partial charge in [0.1, 0.15) is 11.3 Å². The number of fused-ring (bicyclic) bond motifs is 7. The van der Waals surface area contributed by atoms with E-state index >= 15 is 0 Å². The van der Waals surface area contributed by atoms with E-state index in [1.165, 1.54) is 5.39 Å². The fourth-order valence-electron chi connectivity index (χ4n) is 2.74. The van der Waals surface area contributed by atoms with Crippen LogP contribution in [0.5, 0.6) is 0 Å². The Kier molecular flexibility index (Phi) is 1.62. The molecule has 0 bridgehead atoms. The van der Waals surface area contributed by atoms with Gasteiger partial charge in [-0.05, 0) is 18.2 Å². The van der Waals surface area contributed by atoms with Crippen molar-refractivity contribution in [3.05, 3.63) is 42.5 Å². The molecule has 4 aromatic heterocycles. The average Bonchev–Trinajstić information content (AvgIpc) is 3.05. The molecule has 19 heavy (non-hydrogen) atoms. The van der Waals surface area contributed by atoms with Crippen molar-refractivity contribution in [3.8, 4) is 11.5 Å². The van der Waals surface area contributed by atoms with Crippen molar-refractivity contribution in [2.24, 2.45) is 0 Å². The smallest absolute Gasteiger partial charge is 0.384 e. The molecule has 4 aromatic rings. The van der Waals surface area contributed by atoms with E-state index in [-0.39, 0.29) is 0 Å². The van der Waals surface area contributed by atoms with Crippen LogP contribution < -0.4 is 4.57 Å². The fraction of sp³-hybridized carbons (Fsp3) is 0.0714. The van der Waals surface area contributed by atoms with Gasteiger partial charge >= 0.3 is 5.89 Å². The number of pyridine rings is 2. The number of nitrogens with zero attached hydrogens (tertiary/aromatic N) is 3. The van der Waals surface area contributed by atoms with Crippen molar-refractivity contribution in [2.45, 2.75) is 6.54 Å². The Bertz CT molecular complexity index is 954. The summed E-state index contributed by atoms with van der Waals surface area (Å²) in [5.74, 6) is 0.920. The van der Waals surface area contributed by atoms with Gasteiger partial charge in [-0.1, -0.05) is 11.3 Å². The van der Waals surface area contributed by atoms with Crippen molar-refractivity contribution >= 4 is 31.8 Å². The summed E-state index contributed by atoms with van der Waals surface area (Å²) in [6.07, 6.45) is 5.55. The van der Waals surface area contributed by atoms with E-state index in [1.807, 2.05) is 30.7 Å². The van der Waals surface area contributed by atoms with Crippen LogP contribution >= 0.6 is 11.3 Å². The second kappa shape index (κ2) is 3.19. The lowest BCUT2D eigenvalue weighted by molar-refractivity contribution is -0.649. The predicted octanol–water partition coefficient (Wildman–Crippen LogP) is 2.75. The highest BCUT2D eigenvalue weighted by molar-refractivity contribution is 7.25. The Morgan fingerprint density at radius 3 is 3.26 bits per heavy atom. The highest BCUT2D eigenvalue weighted by Crippen LogP contribution is 2.37. The van der Waals surface area contributed by atoms with E-state index in [0.29, 0.717) is 0 Å². The van der Waals surface area contributed by atoms with E-state index in [1.54, 1.807) is 11.3 Å². The van der Waals surface area contributed by atoms with Crippen LogP contribution in [0.1, 0.15) is 5.69 Å². The summed E-state index contributed by atoms with van der Waals surface area (Å²) in [5, 5.41) is 1.21. The molecule has 0 saturated heterocycles. The molecule has 0 saturated carbocycles. The maximum absolute atomic E-state index is 6.04. The van der Waals surface area contributed by atoms with Crippen LogP contribution in [0.3, 0.4) is 0 Å². The minimum absolute atomic E-state index is 0.784. The molecule has 1 aliphatic rings. The van der Waals surface area contributed by atoms with Crippen LogP contribution in [0.25, 0.3) is 32.0 Å². The molecule has 1 aliphatic heterocycles. The van der Waals surface area contributed by atoms with Crippen LogP contribution in [0.15, 0.2) is 41.2 Å². The van der Waals surface area contributed by atoms with E-state index < -0.39 is 0 Å². The van der Waals surface area contributed by atoms with Crippen LogP contribution in [0.4, 0.5) is 0 Å². The van der Waals surface area contributed by atoms with Crippen molar-refractivity contribution in [2.75, 3.05) is 0 Å². The third-order valence-electron chi connectivity index (χ3n) is 3.57. The number of thiophene rings is 1. The Hall–Kier alpha value is -2.27. The standard InChI is InChI=1S/C14H8N3OS/c1-2-8-10(16-4-1)7-17-12-9-3-5-15-6-11(9)19-14(12)18-13(8)17/h1-6H,7H2/q+1. The molecule has 90 valence electrons. The van der Waals surface area contributed by atoms with Gasteiger partial charge in [-0.3, -0.25) is 9.97 Å². The topological polar surface area (TPSA) is 42.8 Å². The van der Waals surface area contributed by atoms with Crippen molar-refractivity contribution in [3.63, 3.8) is 0 Å². The average molecular weight is 266 g/mol. The first-order valence-corrected chi connectivity index (χ1v) is 6.86. The molecule has 0 atom stereocenters. The van der Waals surface area contributed by atoms with Crippen LogP contribution in [-0.4, -0.2) is 9.97 Å². The van der Waals surface area contributed by atoms with E-state index in [2.05, 4.69) is 20.6 Å². The van der Waals surface area contributed by atoms with Gasteiger partial charge in [0.25, 0.3) is 10.4 Å². The Balaban J connectivity index is 1.94.